The minimum absolute atomic E-state index is 0.106. The lowest BCUT2D eigenvalue weighted by Crippen LogP contribution is -1.93. The van der Waals surface area contributed by atoms with E-state index in [-0.39, 0.29) is 11.5 Å². The maximum absolute atomic E-state index is 10.4. The molecule has 0 spiro atoms. The summed E-state index contributed by atoms with van der Waals surface area (Å²) in [7, 11) is 0. The zero-order valence-electron chi connectivity index (χ0n) is 10.6. The smallest absolute Gasteiger partial charge is 0.138 e. The minimum Gasteiger partial charge on any atom is -0.506 e. The van der Waals surface area contributed by atoms with Crippen LogP contribution in [-0.4, -0.2) is 10.2 Å². The maximum atomic E-state index is 10.4. The largest absolute Gasteiger partial charge is 0.506 e. The molecular weight excluding hydrogens is 520 g/mol. The number of hydrogen-bond acceptors (Lipinski definition) is 2. The summed E-state index contributed by atoms with van der Waals surface area (Å²) in [6.07, 6.45) is 0. The Morgan fingerprint density at radius 2 is 0.950 bits per heavy atom. The van der Waals surface area contributed by atoms with Crippen molar-refractivity contribution in [2.75, 3.05) is 0 Å². The van der Waals surface area contributed by atoms with Crippen LogP contribution in [0.5, 0.6) is 11.5 Å². The van der Waals surface area contributed by atoms with Gasteiger partial charge in [0.1, 0.15) is 11.5 Å². The van der Waals surface area contributed by atoms with E-state index in [1.165, 1.54) is 0 Å². The van der Waals surface area contributed by atoms with E-state index < -0.39 is 0 Å². The Balaban J connectivity index is 2.96. The van der Waals surface area contributed by atoms with Crippen LogP contribution in [0.3, 0.4) is 0 Å². The maximum Gasteiger partial charge on any atom is 0.138 e. The van der Waals surface area contributed by atoms with Crippen molar-refractivity contribution < 1.29 is 10.2 Å². The molecule has 0 bridgehead atoms. The Kier molecular flexibility index (Phi) is 4.89. The van der Waals surface area contributed by atoms with Gasteiger partial charge in [-0.3, -0.25) is 0 Å². The van der Waals surface area contributed by atoms with Gasteiger partial charge in [-0.1, -0.05) is 31.9 Å². The first-order valence-electron chi connectivity index (χ1n) is 5.61. The summed E-state index contributed by atoms with van der Waals surface area (Å²) in [5, 5.41) is 20.8. The molecule has 0 unspecified atom stereocenters. The lowest BCUT2D eigenvalue weighted by atomic mass is 9.95. The zero-order valence-corrected chi connectivity index (χ0v) is 16.9. The summed E-state index contributed by atoms with van der Waals surface area (Å²) in [5.74, 6) is 0.211. The van der Waals surface area contributed by atoms with Crippen LogP contribution in [0.1, 0.15) is 11.1 Å². The molecule has 0 atom stereocenters. The molecule has 0 radical (unpaired) electrons. The van der Waals surface area contributed by atoms with Crippen molar-refractivity contribution in [3.05, 3.63) is 41.2 Å². The van der Waals surface area contributed by atoms with Crippen LogP contribution in [0, 0.1) is 13.8 Å². The predicted molar refractivity (Wildman–Crippen MR) is 95.5 cm³/mol. The monoisotopic (exact) mass is 526 g/mol. The fourth-order valence-electron chi connectivity index (χ4n) is 2.02. The Morgan fingerprint density at radius 3 is 1.25 bits per heavy atom. The lowest BCUT2D eigenvalue weighted by Gasteiger charge is -2.17. The number of halogens is 4. The van der Waals surface area contributed by atoms with Gasteiger partial charge in [-0.25, -0.2) is 0 Å². The van der Waals surface area contributed by atoms with Crippen molar-refractivity contribution in [1.29, 1.82) is 0 Å². The van der Waals surface area contributed by atoms with Crippen LogP contribution >= 0.6 is 63.7 Å². The highest BCUT2D eigenvalue weighted by molar-refractivity contribution is 9.11. The average Bonchev–Trinajstić information content (AvgIpc) is 2.38. The van der Waals surface area contributed by atoms with Crippen molar-refractivity contribution in [2.45, 2.75) is 13.8 Å². The van der Waals surface area contributed by atoms with Crippen LogP contribution in [0.25, 0.3) is 11.1 Å². The van der Waals surface area contributed by atoms with Gasteiger partial charge in [0.15, 0.2) is 0 Å². The highest BCUT2D eigenvalue weighted by atomic mass is 79.9. The Morgan fingerprint density at radius 1 is 0.650 bits per heavy atom. The topological polar surface area (TPSA) is 40.5 Å². The second-order valence-electron chi connectivity index (χ2n) is 4.38. The Bertz CT molecular complexity index is 597. The lowest BCUT2D eigenvalue weighted by molar-refractivity contribution is 0.465. The second-order valence-corrected chi connectivity index (χ2v) is 7.79. The molecule has 2 N–H and O–H groups in total. The van der Waals surface area contributed by atoms with Gasteiger partial charge in [-0.15, -0.1) is 0 Å². The number of hydrogen-bond donors (Lipinski definition) is 2. The molecule has 0 aliphatic heterocycles. The summed E-state index contributed by atoms with van der Waals surface area (Å²) in [4.78, 5) is 0. The van der Waals surface area contributed by atoms with E-state index >= 15 is 0 Å². The van der Waals surface area contributed by atoms with E-state index in [1.54, 1.807) is 12.1 Å². The molecule has 0 saturated carbocycles. The summed E-state index contributed by atoms with van der Waals surface area (Å²) in [6.45, 7) is 3.78. The number of phenols is 2. The predicted octanol–water partition coefficient (Wildman–Crippen LogP) is 6.43. The van der Waals surface area contributed by atoms with Crippen LogP contribution in [0.2, 0.25) is 0 Å². The summed E-state index contributed by atoms with van der Waals surface area (Å²) < 4.78 is 2.85. The number of benzene rings is 2. The van der Waals surface area contributed by atoms with E-state index in [2.05, 4.69) is 63.7 Å². The van der Waals surface area contributed by atoms with Gasteiger partial charge in [0.2, 0.25) is 0 Å². The highest BCUT2D eigenvalue weighted by Crippen LogP contribution is 2.49. The average molecular weight is 530 g/mol. The SMILES string of the molecule is Cc1c(Br)cc(Br)c(O)c1-c1c(C)c(Br)cc(Br)c1O. The first-order chi connectivity index (χ1) is 9.25. The van der Waals surface area contributed by atoms with E-state index in [1.807, 2.05) is 13.8 Å². The number of rotatable bonds is 1. The third kappa shape index (κ3) is 2.67. The van der Waals surface area contributed by atoms with Crippen LogP contribution in [0.15, 0.2) is 30.0 Å². The fraction of sp³-hybridized carbons (Fsp3) is 0.143. The third-order valence-electron chi connectivity index (χ3n) is 3.15. The highest BCUT2D eigenvalue weighted by Gasteiger charge is 2.21. The molecule has 2 aromatic carbocycles. The van der Waals surface area contributed by atoms with Gasteiger partial charge in [-0.05, 0) is 69.0 Å². The van der Waals surface area contributed by atoms with Crippen molar-refractivity contribution >= 4 is 63.7 Å². The van der Waals surface area contributed by atoms with Crippen LogP contribution < -0.4 is 0 Å². The van der Waals surface area contributed by atoms with Crippen molar-refractivity contribution in [1.82, 2.24) is 0 Å². The molecular formula is C14H10Br4O2. The van der Waals surface area contributed by atoms with Crippen LogP contribution in [0.4, 0.5) is 0 Å². The van der Waals surface area contributed by atoms with Crippen LogP contribution in [-0.2, 0) is 0 Å². The normalized spacial score (nSPS) is 10.9. The summed E-state index contributed by atoms with van der Waals surface area (Å²) >= 11 is 13.6. The number of phenolic OH excluding ortho intramolecular Hbond substituents is 2. The molecule has 0 fully saturated rings. The molecule has 2 rings (SSSR count). The Hall–Kier alpha value is -0.0400. The van der Waals surface area contributed by atoms with Gasteiger partial charge in [0.05, 0.1) is 8.95 Å². The van der Waals surface area contributed by atoms with E-state index in [0.717, 1.165) is 20.1 Å². The third-order valence-corrected chi connectivity index (χ3v) is 6.01. The fourth-order valence-corrected chi connectivity index (χ4v) is 4.34. The molecule has 6 heteroatoms. The van der Waals surface area contributed by atoms with E-state index in [0.29, 0.717) is 20.1 Å². The van der Waals surface area contributed by atoms with E-state index in [9.17, 15) is 10.2 Å². The standard InChI is InChI=1S/C14H10Br4O2/c1-5-7(15)3-9(17)13(19)11(5)12-6(2)8(16)4-10(18)14(12)20/h3-4,19-20H,1-2H3. The van der Waals surface area contributed by atoms with Crippen molar-refractivity contribution in [3.63, 3.8) is 0 Å². The molecule has 0 heterocycles. The van der Waals surface area contributed by atoms with Crippen molar-refractivity contribution in [2.24, 2.45) is 0 Å². The summed E-state index contributed by atoms with van der Waals surface area (Å²) in [6, 6.07) is 3.57. The first-order valence-corrected chi connectivity index (χ1v) is 8.78. The first kappa shape index (κ1) is 16.3. The molecule has 20 heavy (non-hydrogen) atoms. The van der Waals surface area contributed by atoms with Gasteiger partial charge in [-0.2, -0.15) is 0 Å². The molecule has 0 amide bonds. The zero-order chi connectivity index (χ0) is 15.2. The van der Waals surface area contributed by atoms with Gasteiger partial charge in [0, 0.05) is 20.1 Å². The van der Waals surface area contributed by atoms with Gasteiger partial charge in [0.25, 0.3) is 0 Å². The molecule has 2 nitrogen and oxygen atoms in total. The number of aromatic hydroxyl groups is 2. The Labute approximate surface area is 150 Å². The summed E-state index contributed by atoms with van der Waals surface area (Å²) in [5.41, 5.74) is 2.91. The van der Waals surface area contributed by atoms with Gasteiger partial charge < -0.3 is 10.2 Å². The minimum atomic E-state index is 0.106. The molecule has 106 valence electrons. The molecule has 0 aliphatic carbocycles. The molecule has 0 aromatic heterocycles. The van der Waals surface area contributed by atoms with E-state index in [4.69, 9.17) is 0 Å². The van der Waals surface area contributed by atoms with Gasteiger partial charge >= 0.3 is 0 Å². The second kappa shape index (κ2) is 5.99. The molecule has 0 saturated heterocycles. The molecule has 0 aliphatic rings. The quantitative estimate of drug-likeness (QED) is 0.447. The van der Waals surface area contributed by atoms with Crippen molar-refractivity contribution in [3.8, 4) is 22.6 Å². The molecule has 2 aromatic rings.